The first-order valence-corrected chi connectivity index (χ1v) is 7.62. The number of hydrogen-bond acceptors (Lipinski definition) is 3. The second kappa shape index (κ2) is 8.54. The number of pyridine rings is 1. The lowest BCUT2D eigenvalue weighted by Gasteiger charge is -2.15. The number of unbranched alkanes of at least 4 members (excludes halogenated alkanes) is 1. The van der Waals surface area contributed by atoms with E-state index in [1.807, 2.05) is 18.0 Å². The van der Waals surface area contributed by atoms with Crippen LogP contribution in [0.5, 0.6) is 0 Å². The first-order chi connectivity index (χ1) is 8.31. The van der Waals surface area contributed by atoms with Crippen molar-refractivity contribution in [3.63, 3.8) is 0 Å². The Hall–Kier alpha value is -0.540. The zero-order valence-electron chi connectivity index (χ0n) is 11.2. The second-order valence-corrected chi connectivity index (χ2v) is 5.31. The molecule has 1 rings (SSSR count). The molecule has 0 saturated carbocycles. The normalized spacial score (nSPS) is 12.6. The van der Waals surface area contributed by atoms with Crippen LogP contribution in [0.4, 0.5) is 0 Å². The SMILES string of the molecule is CCCCSc1ccc(C(CC)NCC)nc1. The Balaban J connectivity index is 2.53. The number of hydrogen-bond donors (Lipinski definition) is 1. The minimum absolute atomic E-state index is 0.398. The Bertz CT molecular complexity index is 298. The number of nitrogens with zero attached hydrogens (tertiary/aromatic N) is 1. The van der Waals surface area contributed by atoms with Crippen LogP contribution in [0, 0.1) is 0 Å². The van der Waals surface area contributed by atoms with E-state index in [0.717, 1.165) is 18.7 Å². The lowest BCUT2D eigenvalue weighted by atomic mass is 10.1. The molecule has 1 unspecified atom stereocenters. The van der Waals surface area contributed by atoms with Crippen LogP contribution in [0.2, 0.25) is 0 Å². The predicted octanol–water partition coefficient (Wildman–Crippen LogP) is 4.03. The molecule has 0 aliphatic rings. The monoisotopic (exact) mass is 252 g/mol. The molecule has 0 fully saturated rings. The summed E-state index contributed by atoms with van der Waals surface area (Å²) in [6.07, 6.45) is 5.64. The molecule has 0 saturated heterocycles. The summed E-state index contributed by atoms with van der Waals surface area (Å²) in [7, 11) is 0. The third-order valence-corrected chi connectivity index (χ3v) is 3.81. The maximum atomic E-state index is 4.56. The van der Waals surface area contributed by atoms with Gasteiger partial charge in [-0.3, -0.25) is 4.98 Å². The summed E-state index contributed by atoms with van der Waals surface area (Å²) >= 11 is 1.90. The summed E-state index contributed by atoms with van der Waals surface area (Å²) in [5.41, 5.74) is 1.16. The Morgan fingerprint density at radius 3 is 2.65 bits per heavy atom. The molecule has 0 aromatic carbocycles. The van der Waals surface area contributed by atoms with Gasteiger partial charge in [0, 0.05) is 17.1 Å². The molecule has 1 N–H and O–H groups in total. The van der Waals surface area contributed by atoms with Crippen LogP contribution in [-0.2, 0) is 0 Å². The van der Waals surface area contributed by atoms with Crippen molar-refractivity contribution >= 4 is 11.8 Å². The lowest BCUT2D eigenvalue weighted by molar-refractivity contribution is 0.524. The summed E-state index contributed by atoms with van der Waals surface area (Å²) in [4.78, 5) is 5.85. The van der Waals surface area contributed by atoms with Gasteiger partial charge >= 0.3 is 0 Å². The molecule has 0 radical (unpaired) electrons. The van der Waals surface area contributed by atoms with Crippen LogP contribution in [0.3, 0.4) is 0 Å². The van der Waals surface area contributed by atoms with Gasteiger partial charge in [-0.25, -0.2) is 0 Å². The van der Waals surface area contributed by atoms with Gasteiger partial charge in [-0.2, -0.15) is 0 Å². The molecule has 1 heterocycles. The molecule has 3 heteroatoms. The fourth-order valence-corrected chi connectivity index (χ4v) is 2.68. The van der Waals surface area contributed by atoms with E-state index in [1.54, 1.807) is 0 Å². The van der Waals surface area contributed by atoms with E-state index in [-0.39, 0.29) is 0 Å². The van der Waals surface area contributed by atoms with Gasteiger partial charge in [-0.1, -0.05) is 27.2 Å². The van der Waals surface area contributed by atoms with Crippen molar-refractivity contribution in [2.45, 2.75) is 51.0 Å². The third-order valence-electron chi connectivity index (χ3n) is 2.74. The van der Waals surface area contributed by atoms with Gasteiger partial charge in [0.05, 0.1) is 5.69 Å². The maximum Gasteiger partial charge on any atom is 0.0573 e. The molecule has 96 valence electrons. The first-order valence-electron chi connectivity index (χ1n) is 6.63. The average Bonchev–Trinajstić information content (AvgIpc) is 2.37. The molecule has 0 spiro atoms. The Morgan fingerprint density at radius 1 is 1.29 bits per heavy atom. The molecule has 2 nitrogen and oxygen atoms in total. The highest BCUT2D eigenvalue weighted by Gasteiger charge is 2.08. The molecular weight excluding hydrogens is 228 g/mol. The van der Waals surface area contributed by atoms with E-state index in [4.69, 9.17) is 0 Å². The molecular formula is C14H24N2S. The minimum atomic E-state index is 0.398. The van der Waals surface area contributed by atoms with Gasteiger partial charge < -0.3 is 5.32 Å². The van der Waals surface area contributed by atoms with Crippen LogP contribution in [0.1, 0.15) is 51.8 Å². The molecule has 17 heavy (non-hydrogen) atoms. The Labute approximate surface area is 110 Å². The number of aromatic nitrogens is 1. The minimum Gasteiger partial charge on any atom is -0.309 e. The van der Waals surface area contributed by atoms with E-state index in [9.17, 15) is 0 Å². The number of thioether (sulfide) groups is 1. The first kappa shape index (κ1) is 14.5. The predicted molar refractivity (Wildman–Crippen MR) is 76.6 cm³/mol. The molecule has 0 aliphatic heterocycles. The van der Waals surface area contributed by atoms with Crippen molar-refractivity contribution in [2.75, 3.05) is 12.3 Å². The zero-order chi connectivity index (χ0) is 12.5. The average molecular weight is 252 g/mol. The highest BCUT2D eigenvalue weighted by Crippen LogP contribution is 2.21. The van der Waals surface area contributed by atoms with Crippen molar-refractivity contribution in [1.82, 2.24) is 10.3 Å². The van der Waals surface area contributed by atoms with Crippen molar-refractivity contribution < 1.29 is 0 Å². The highest BCUT2D eigenvalue weighted by atomic mass is 32.2. The fraction of sp³-hybridized carbons (Fsp3) is 0.643. The van der Waals surface area contributed by atoms with Crippen molar-refractivity contribution in [3.8, 4) is 0 Å². The number of rotatable bonds is 8. The Morgan fingerprint density at radius 2 is 2.12 bits per heavy atom. The second-order valence-electron chi connectivity index (χ2n) is 4.14. The van der Waals surface area contributed by atoms with E-state index in [1.165, 1.54) is 23.5 Å². The van der Waals surface area contributed by atoms with Crippen LogP contribution in [0.15, 0.2) is 23.2 Å². The van der Waals surface area contributed by atoms with Gasteiger partial charge in [0.15, 0.2) is 0 Å². The van der Waals surface area contributed by atoms with Crippen molar-refractivity contribution in [2.24, 2.45) is 0 Å². The summed E-state index contributed by atoms with van der Waals surface area (Å²) in [6.45, 7) is 7.55. The maximum absolute atomic E-state index is 4.56. The molecule has 0 aliphatic carbocycles. The molecule has 1 aromatic heterocycles. The summed E-state index contributed by atoms with van der Waals surface area (Å²) < 4.78 is 0. The summed E-state index contributed by atoms with van der Waals surface area (Å²) in [6, 6.07) is 4.75. The van der Waals surface area contributed by atoms with Gasteiger partial charge in [-0.05, 0) is 37.3 Å². The lowest BCUT2D eigenvalue weighted by Crippen LogP contribution is -2.20. The Kier molecular flexibility index (Phi) is 7.29. The van der Waals surface area contributed by atoms with Gasteiger partial charge in [-0.15, -0.1) is 11.8 Å². The standard InChI is InChI=1S/C14H24N2S/c1-4-7-10-17-12-8-9-14(16-11-12)13(5-2)15-6-3/h8-9,11,13,15H,4-7,10H2,1-3H3. The van der Waals surface area contributed by atoms with E-state index >= 15 is 0 Å². The zero-order valence-corrected chi connectivity index (χ0v) is 12.0. The largest absolute Gasteiger partial charge is 0.309 e. The molecule has 1 aromatic rings. The molecule has 0 bridgehead atoms. The third kappa shape index (κ3) is 5.09. The van der Waals surface area contributed by atoms with Crippen molar-refractivity contribution in [1.29, 1.82) is 0 Å². The van der Waals surface area contributed by atoms with Crippen LogP contribution >= 0.6 is 11.8 Å². The quantitative estimate of drug-likeness (QED) is 0.558. The molecule has 0 amide bonds. The topological polar surface area (TPSA) is 24.9 Å². The van der Waals surface area contributed by atoms with Crippen LogP contribution in [0.25, 0.3) is 0 Å². The van der Waals surface area contributed by atoms with E-state index in [0.29, 0.717) is 6.04 Å². The van der Waals surface area contributed by atoms with Crippen LogP contribution in [-0.4, -0.2) is 17.3 Å². The van der Waals surface area contributed by atoms with Crippen molar-refractivity contribution in [3.05, 3.63) is 24.0 Å². The molecule has 1 atom stereocenters. The fourth-order valence-electron chi connectivity index (χ4n) is 1.72. The smallest absolute Gasteiger partial charge is 0.0573 e. The van der Waals surface area contributed by atoms with Gasteiger partial charge in [0.25, 0.3) is 0 Å². The number of nitrogens with one attached hydrogen (secondary N) is 1. The summed E-state index contributed by atoms with van der Waals surface area (Å²) in [5, 5.41) is 3.45. The van der Waals surface area contributed by atoms with E-state index < -0.39 is 0 Å². The van der Waals surface area contributed by atoms with Crippen LogP contribution < -0.4 is 5.32 Å². The summed E-state index contributed by atoms with van der Waals surface area (Å²) in [5.74, 6) is 1.20. The van der Waals surface area contributed by atoms with E-state index in [2.05, 4.69) is 43.2 Å². The van der Waals surface area contributed by atoms with Gasteiger partial charge in [0.1, 0.15) is 0 Å². The highest BCUT2D eigenvalue weighted by molar-refractivity contribution is 7.99. The van der Waals surface area contributed by atoms with Gasteiger partial charge in [0.2, 0.25) is 0 Å².